The molecule has 0 bridgehead atoms. The van der Waals surface area contributed by atoms with Crippen molar-refractivity contribution in [3.05, 3.63) is 12.2 Å². The third-order valence-electron chi connectivity index (χ3n) is 1.96. The Bertz CT molecular complexity index is 185. The minimum Gasteiger partial charge on any atom is -0.462 e. The van der Waals surface area contributed by atoms with Gasteiger partial charge >= 0.3 is 5.97 Å². The number of hydrogen-bond donors (Lipinski definition) is 1. The highest BCUT2D eigenvalue weighted by Gasteiger charge is 2.14. The lowest BCUT2D eigenvalue weighted by molar-refractivity contribution is -0.141. The molecular weight excluding hydrogens is 168 g/mol. The van der Waals surface area contributed by atoms with E-state index in [9.17, 15) is 4.79 Å². The average Bonchev–Trinajstić information content (AvgIpc) is 2.11. The fraction of sp³-hybridized carbons (Fsp3) is 0.700. The number of carbonyl (C=O) groups is 1. The average molecular weight is 186 g/mol. The number of rotatable bonds is 5. The van der Waals surface area contributed by atoms with Gasteiger partial charge in [0.05, 0.1) is 18.3 Å². The van der Waals surface area contributed by atoms with Crippen molar-refractivity contribution < 1.29 is 14.6 Å². The van der Waals surface area contributed by atoms with Gasteiger partial charge in [-0.25, -0.2) is 4.79 Å². The van der Waals surface area contributed by atoms with Gasteiger partial charge in [0.15, 0.2) is 0 Å². The lowest BCUT2D eigenvalue weighted by Crippen LogP contribution is -2.18. The molecule has 0 aromatic carbocycles. The van der Waals surface area contributed by atoms with Gasteiger partial charge in [-0.15, -0.1) is 0 Å². The summed E-state index contributed by atoms with van der Waals surface area (Å²) >= 11 is 0. The van der Waals surface area contributed by atoms with Crippen molar-refractivity contribution in [2.45, 2.75) is 33.3 Å². The van der Waals surface area contributed by atoms with Gasteiger partial charge in [0.25, 0.3) is 0 Å². The van der Waals surface area contributed by atoms with E-state index in [1.165, 1.54) is 6.92 Å². The van der Waals surface area contributed by atoms with Gasteiger partial charge in [-0.05, 0) is 12.8 Å². The maximum Gasteiger partial charge on any atom is 0.336 e. The summed E-state index contributed by atoms with van der Waals surface area (Å²) in [6, 6.07) is 0. The molecule has 0 unspecified atom stereocenters. The summed E-state index contributed by atoms with van der Waals surface area (Å²) in [5.74, 6) is -0.152. The number of ether oxygens (including phenoxy) is 1. The largest absolute Gasteiger partial charge is 0.462 e. The van der Waals surface area contributed by atoms with Crippen LogP contribution in [0.25, 0.3) is 0 Å². The number of hydrogen-bond acceptors (Lipinski definition) is 3. The SMILES string of the molecule is C=C(C(=O)OC[C@@H](C)CC)[C@H](C)O. The van der Waals surface area contributed by atoms with Gasteiger partial charge in [-0.2, -0.15) is 0 Å². The van der Waals surface area contributed by atoms with Crippen molar-refractivity contribution in [2.24, 2.45) is 5.92 Å². The molecular formula is C10H18O3. The number of aliphatic hydroxyl groups excluding tert-OH is 1. The molecule has 0 amide bonds. The Morgan fingerprint density at radius 1 is 1.54 bits per heavy atom. The zero-order valence-corrected chi connectivity index (χ0v) is 8.54. The third kappa shape index (κ3) is 4.68. The van der Waals surface area contributed by atoms with E-state index < -0.39 is 12.1 Å². The van der Waals surface area contributed by atoms with Gasteiger partial charge in [-0.3, -0.25) is 0 Å². The summed E-state index contributed by atoms with van der Waals surface area (Å²) in [6.07, 6.45) is 0.137. The highest BCUT2D eigenvalue weighted by Crippen LogP contribution is 2.05. The van der Waals surface area contributed by atoms with Crippen LogP contribution in [-0.2, 0) is 9.53 Å². The molecule has 76 valence electrons. The molecule has 2 atom stereocenters. The van der Waals surface area contributed by atoms with E-state index in [-0.39, 0.29) is 5.57 Å². The van der Waals surface area contributed by atoms with Crippen molar-refractivity contribution in [3.63, 3.8) is 0 Å². The predicted octanol–water partition coefficient (Wildman–Crippen LogP) is 1.51. The molecule has 13 heavy (non-hydrogen) atoms. The molecule has 0 aliphatic carbocycles. The maximum absolute atomic E-state index is 11.1. The molecule has 0 aromatic rings. The van der Waals surface area contributed by atoms with Gasteiger partial charge in [0.2, 0.25) is 0 Å². The zero-order chi connectivity index (χ0) is 10.4. The van der Waals surface area contributed by atoms with Crippen molar-refractivity contribution >= 4 is 5.97 Å². The van der Waals surface area contributed by atoms with Crippen LogP contribution in [0.2, 0.25) is 0 Å². The van der Waals surface area contributed by atoms with E-state index in [0.717, 1.165) is 6.42 Å². The van der Waals surface area contributed by atoms with Crippen LogP contribution in [0.4, 0.5) is 0 Å². The highest BCUT2D eigenvalue weighted by atomic mass is 16.5. The molecule has 0 aromatic heterocycles. The predicted molar refractivity (Wildman–Crippen MR) is 51.2 cm³/mol. The summed E-state index contributed by atoms with van der Waals surface area (Å²) in [5, 5.41) is 9.01. The summed E-state index contributed by atoms with van der Waals surface area (Å²) in [4.78, 5) is 11.1. The molecule has 0 fully saturated rings. The smallest absolute Gasteiger partial charge is 0.336 e. The summed E-state index contributed by atoms with van der Waals surface area (Å²) in [6.45, 7) is 9.34. The molecule has 0 heterocycles. The molecule has 0 saturated carbocycles. The van der Waals surface area contributed by atoms with Gasteiger partial charge in [0, 0.05) is 0 Å². The molecule has 0 spiro atoms. The Hall–Kier alpha value is -0.830. The second kappa shape index (κ2) is 5.75. The lowest BCUT2D eigenvalue weighted by atomic mass is 10.1. The molecule has 0 rings (SSSR count). The van der Waals surface area contributed by atoms with Crippen LogP contribution in [0.1, 0.15) is 27.2 Å². The topological polar surface area (TPSA) is 46.5 Å². The van der Waals surface area contributed by atoms with E-state index in [4.69, 9.17) is 9.84 Å². The molecule has 0 aliphatic rings. The number of carbonyl (C=O) groups excluding carboxylic acids is 1. The van der Waals surface area contributed by atoms with Crippen LogP contribution in [0.15, 0.2) is 12.2 Å². The molecule has 3 nitrogen and oxygen atoms in total. The molecule has 0 saturated heterocycles. The Kier molecular flexibility index (Phi) is 5.39. The van der Waals surface area contributed by atoms with E-state index in [1.54, 1.807) is 0 Å². The van der Waals surface area contributed by atoms with Crippen LogP contribution < -0.4 is 0 Å². The van der Waals surface area contributed by atoms with Gasteiger partial charge in [-0.1, -0.05) is 26.8 Å². The summed E-state index contributed by atoms with van der Waals surface area (Å²) in [7, 11) is 0. The van der Waals surface area contributed by atoms with Crippen LogP contribution in [0.3, 0.4) is 0 Å². The number of esters is 1. The second-order valence-electron chi connectivity index (χ2n) is 3.31. The Balaban J connectivity index is 3.81. The van der Waals surface area contributed by atoms with Gasteiger partial charge in [0.1, 0.15) is 0 Å². The van der Waals surface area contributed by atoms with Crippen molar-refractivity contribution in [1.82, 2.24) is 0 Å². The van der Waals surface area contributed by atoms with E-state index in [0.29, 0.717) is 12.5 Å². The first-order valence-corrected chi connectivity index (χ1v) is 4.53. The van der Waals surface area contributed by atoms with E-state index in [2.05, 4.69) is 6.58 Å². The lowest BCUT2D eigenvalue weighted by Gasteiger charge is -2.11. The van der Waals surface area contributed by atoms with Crippen LogP contribution in [-0.4, -0.2) is 23.8 Å². The quantitative estimate of drug-likeness (QED) is 0.523. The van der Waals surface area contributed by atoms with E-state index >= 15 is 0 Å². The molecule has 3 heteroatoms. The second-order valence-corrected chi connectivity index (χ2v) is 3.31. The van der Waals surface area contributed by atoms with Crippen LogP contribution >= 0.6 is 0 Å². The highest BCUT2D eigenvalue weighted by molar-refractivity contribution is 5.88. The van der Waals surface area contributed by atoms with Crippen molar-refractivity contribution in [2.75, 3.05) is 6.61 Å². The summed E-state index contributed by atoms with van der Waals surface area (Å²) in [5.41, 5.74) is 0.114. The Morgan fingerprint density at radius 2 is 2.08 bits per heavy atom. The Labute approximate surface area is 79.4 Å². The minimum atomic E-state index is -0.829. The first-order chi connectivity index (χ1) is 5.99. The van der Waals surface area contributed by atoms with Crippen LogP contribution in [0, 0.1) is 5.92 Å². The fourth-order valence-corrected chi connectivity index (χ4v) is 0.599. The monoisotopic (exact) mass is 186 g/mol. The zero-order valence-electron chi connectivity index (χ0n) is 8.54. The standard InChI is InChI=1S/C10H18O3/c1-5-7(2)6-13-10(12)8(3)9(4)11/h7,9,11H,3,5-6H2,1-2,4H3/t7-,9-/m0/s1. The van der Waals surface area contributed by atoms with Crippen molar-refractivity contribution in [3.8, 4) is 0 Å². The summed E-state index contributed by atoms with van der Waals surface area (Å²) < 4.78 is 4.92. The minimum absolute atomic E-state index is 0.114. The molecule has 0 aliphatic heterocycles. The molecule has 1 N–H and O–H groups in total. The normalized spacial score (nSPS) is 14.8. The molecule has 0 radical (unpaired) electrons. The fourth-order valence-electron chi connectivity index (χ4n) is 0.599. The first-order valence-electron chi connectivity index (χ1n) is 4.53. The first kappa shape index (κ1) is 12.2. The van der Waals surface area contributed by atoms with E-state index in [1.807, 2.05) is 13.8 Å². The third-order valence-corrected chi connectivity index (χ3v) is 1.96. The number of aliphatic hydroxyl groups is 1. The van der Waals surface area contributed by atoms with Crippen molar-refractivity contribution in [1.29, 1.82) is 0 Å². The van der Waals surface area contributed by atoms with Gasteiger partial charge < -0.3 is 9.84 Å². The Morgan fingerprint density at radius 3 is 2.46 bits per heavy atom. The maximum atomic E-state index is 11.1. The van der Waals surface area contributed by atoms with Crippen LogP contribution in [0.5, 0.6) is 0 Å².